The van der Waals surface area contributed by atoms with Gasteiger partial charge in [0.1, 0.15) is 0 Å². The molecule has 1 aromatic rings. The van der Waals surface area contributed by atoms with Crippen LogP contribution in [-0.4, -0.2) is 33.8 Å². The first-order valence-electron chi connectivity index (χ1n) is 6.99. The van der Waals surface area contributed by atoms with Gasteiger partial charge in [-0.05, 0) is 44.0 Å². The number of hydrogen-bond donors (Lipinski definition) is 3. The zero-order valence-electron chi connectivity index (χ0n) is 12.0. The zero-order valence-corrected chi connectivity index (χ0v) is 12.9. The van der Waals surface area contributed by atoms with Crippen LogP contribution < -0.4 is 15.4 Å². The molecule has 0 heterocycles. The summed E-state index contributed by atoms with van der Waals surface area (Å²) in [6.45, 7) is -0.115. The molecule has 0 spiro atoms. The fraction of sp³-hybridized carbons (Fsp3) is 0.429. The van der Waals surface area contributed by atoms with E-state index in [1.165, 1.54) is 25.2 Å². The van der Waals surface area contributed by atoms with Gasteiger partial charge in [-0.3, -0.25) is 9.59 Å². The van der Waals surface area contributed by atoms with Crippen LogP contribution in [0.3, 0.4) is 0 Å². The van der Waals surface area contributed by atoms with Gasteiger partial charge in [-0.2, -0.15) is 0 Å². The Balaban J connectivity index is 1.57. The molecular weight excluding hydrogens is 306 g/mol. The van der Waals surface area contributed by atoms with E-state index in [0.29, 0.717) is 11.6 Å². The van der Waals surface area contributed by atoms with Crippen molar-refractivity contribution in [3.05, 3.63) is 24.3 Å². The third-order valence-corrected chi connectivity index (χ3v) is 5.65. The van der Waals surface area contributed by atoms with E-state index in [1.807, 2.05) is 0 Å². The highest BCUT2D eigenvalue weighted by molar-refractivity contribution is 7.89. The maximum Gasteiger partial charge on any atom is 0.243 e. The third kappa shape index (κ3) is 2.71. The Morgan fingerprint density at radius 2 is 2.00 bits per heavy atom. The lowest BCUT2D eigenvalue weighted by atomic mass is 10.2. The summed E-state index contributed by atoms with van der Waals surface area (Å²) in [5, 5.41) is 5.19. The maximum atomic E-state index is 11.8. The number of amides is 2. The number of fused-ring (bicyclic) bond motifs is 1. The predicted octanol–water partition coefficient (Wildman–Crippen LogP) is 0.0594. The van der Waals surface area contributed by atoms with Gasteiger partial charge >= 0.3 is 0 Å². The van der Waals surface area contributed by atoms with Crippen LogP contribution in [0.5, 0.6) is 0 Å². The SMILES string of the molecule is CNS(=O)(=O)c1cccc(NC(=O)CNC(=O)C23CC2C3)c1. The third-order valence-electron chi connectivity index (χ3n) is 4.24. The van der Waals surface area contributed by atoms with E-state index in [-0.39, 0.29) is 28.7 Å². The second-order valence-corrected chi connectivity index (χ2v) is 7.61. The summed E-state index contributed by atoms with van der Waals surface area (Å²) in [6.07, 6.45) is 1.87. The fourth-order valence-electron chi connectivity index (χ4n) is 2.47. The Bertz CT molecular complexity index is 738. The van der Waals surface area contributed by atoms with Crippen LogP contribution in [0.1, 0.15) is 12.8 Å². The standard InChI is InChI=1S/C14H17N3O4S/c1-15-22(20,21)11-4-2-3-10(5-11)17-12(18)8-16-13(19)14-6-9(14)7-14/h2-5,9,15H,6-8H2,1H3,(H,16,19)(H,17,18). The van der Waals surface area contributed by atoms with E-state index in [4.69, 9.17) is 0 Å². The lowest BCUT2D eigenvalue weighted by Gasteiger charge is -2.09. The van der Waals surface area contributed by atoms with Crippen LogP contribution in [-0.2, 0) is 19.6 Å². The highest BCUT2D eigenvalue weighted by atomic mass is 32.2. The van der Waals surface area contributed by atoms with Gasteiger partial charge in [0.05, 0.1) is 16.9 Å². The van der Waals surface area contributed by atoms with Crippen LogP contribution in [0.2, 0.25) is 0 Å². The van der Waals surface area contributed by atoms with E-state index in [1.54, 1.807) is 6.07 Å². The van der Waals surface area contributed by atoms with Gasteiger partial charge in [0.25, 0.3) is 0 Å². The molecule has 0 unspecified atom stereocenters. The van der Waals surface area contributed by atoms with Gasteiger partial charge in [-0.25, -0.2) is 13.1 Å². The first-order valence-corrected chi connectivity index (χ1v) is 8.47. The molecule has 118 valence electrons. The Morgan fingerprint density at radius 1 is 1.32 bits per heavy atom. The normalized spacial score (nSPS) is 25.0. The quantitative estimate of drug-likeness (QED) is 0.688. The molecule has 7 nitrogen and oxygen atoms in total. The van der Waals surface area contributed by atoms with Gasteiger partial charge in [-0.15, -0.1) is 0 Å². The van der Waals surface area contributed by atoms with E-state index >= 15 is 0 Å². The number of nitrogens with one attached hydrogen (secondary N) is 3. The molecule has 2 saturated carbocycles. The molecule has 0 saturated heterocycles. The molecule has 2 amide bonds. The van der Waals surface area contributed by atoms with Gasteiger partial charge in [0.15, 0.2) is 0 Å². The van der Waals surface area contributed by atoms with Gasteiger partial charge in [0, 0.05) is 5.69 Å². The van der Waals surface area contributed by atoms with E-state index in [2.05, 4.69) is 15.4 Å². The first-order chi connectivity index (χ1) is 10.4. The lowest BCUT2D eigenvalue weighted by Crippen LogP contribution is -2.35. The number of carbonyl (C=O) groups excluding carboxylic acids is 2. The molecule has 2 fully saturated rings. The summed E-state index contributed by atoms with van der Waals surface area (Å²) in [5.74, 6) is 0.0831. The van der Waals surface area contributed by atoms with E-state index in [0.717, 1.165) is 12.8 Å². The van der Waals surface area contributed by atoms with Gasteiger partial charge in [0.2, 0.25) is 21.8 Å². The first kappa shape index (κ1) is 15.0. The minimum Gasteiger partial charge on any atom is -0.347 e. The van der Waals surface area contributed by atoms with Crippen molar-refractivity contribution in [1.29, 1.82) is 0 Å². The minimum absolute atomic E-state index is 0.0563. The summed E-state index contributed by atoms with van der Waals surface area (Å²) < 4.78 is 25.6. The van der Waals surface area contributed by atoms with Crippen molar-refractivity contribution in [1.82, 2.24) is 10.0 Å². The average molecular weight is 323 g/mol. The molecule has 0 bridgehead atoms. The monoisotopic (exact) mass is 323 g/mol. The molecule has 0 atom stereocenters. The molecule has 22 heavy (non-hydrogen) atoms. The van der Waals surface area contributed by atoms with Crippen LogP contribution in [0.15, 0.2) is 29.2 Å². The summed E-state index contributed by atoms with van der Waals surface area (Å²) in [4.78, 5) is 23.7. The molecule has 2 aliphatic rings. The van der Waals surface area contributed by atoms with Crippen molar-refractivity contribution in [2.24, 2.45) is 11.3 Å². The number of rotatable bonds is 6. The number of hydrogen-bond acceptors (Lipinski definition) is 4. The predicted molar refractivity (Wildman–Crippen MR) is 79.5 cm³/mol. The van der Waals surface area contributed by atoms with Crippen molar-refractivity contribution in [3.63, 3.8) is 0 Å². The fourth-order valence-corrected chi connectivity index (χ4v) is 3.25. The van der Waals surface area contributed by atoms with E-state index in [9.17, 15) is 18.0 Å². The van der Waals surface area contributed by atoms with Crippen LogP contribution in [0, 0.1) is 11.3 Å². The summed E-state index contributed by atoms with van der Waals surface area (Å²) in [7, 11) is -2.24. The Hall–Kier alpha value is -1.93. The molecular formula is C14H17N3O4S. The topological polar surface area (TPSA) is 104 Å². The van der Waals surface area contributed by atoms with Crippen molar-refractivity contribution < 1.29 is 18.0 Å². The van der Waals surface area contributed by atoms with Crippen molar-refractivity contribution in [3.8, 4) is 0 Å². The van der Waals surface area contributed by atoms with Crippen molar-refractivity contribution in [2.75, 3.05) is 18.9 Å². The Kier molecular flexibility index (Phi) is 3.45. The van der Waals surface area contributed by atoms with Crippen molar-refractivity contribution in [2.45, 2.75) is 17.7 Å². The van der Waals surface area contributed by atoms with Crippen LogP contribution in [0.4, 0.5) is 5.69 Å². The van der Waals surface area contributed by atoms with Crippen LogP contribution >= 0.6 is 0 Å². The summed E-state index contributed by atoms with van der Waals surface area (Å²) in [5.41, 5.74) is 0.200. The summed E-state index contributed by atoms with van der Waals surface area (Å²) in [6, 6.07) is 5.92. The average Bonchev–Trinajstić information content (AvgIpc) is 3.34. The molecule has 0 radical (unpaired) electrons. The second-order valence-electron chi connectivity index (χ2n) is 5.73. The van der Waals surface area contributed by atoms with Gasteiger partial charge in [-0.1, -0.05) is 6.07 Å². The zero-order chi connectivity index (χ0) is 16.0. The van der Waals surface area contributed by atoms with Gasteiger partial charge < -0.3 is 10.6 Å². The molecule has 3 rings (SSSR count). The molecule has 2 aliphatic carbocycles. The largest absolute Gasteiger partial charge is 0.347 e. The molecule has 3 N–H and O–H groups in total. The maximum absolute atomic E-state index is 11.8. The molecule has 0 aliphatic heterocycles. The molecule has 1 aromatic carbocycles. The van der Waals surface area contributed by atoms with Crippen molar-refractivity contribution >= 4 is 27.5 Å². The molecule has 0 aromatic heterocycles. The smallest absolute Gasteiger partial charge is 0.243 e. The summed E-state index contributed by atoms with van der Waals surface area (Å²) >= 11 is 0. The number of sulfonamides is 1. The highest BCUT2D eigenvalue weighted by Gasteiger charge is 2.74. The number of benzene rings is 1. The lowest BCUT2D eigenvalue weighted by molar-refractivity contribution is -0.126. The second kappa shape index (κ2) is 5.06. The Morgan fingerprint density at radius 3 is 2.59 bits per heavy atom. The number of anilines is 1. The minimum atomic E-state index is -3.56. The molecule has 8 heteroatoms. The Labute approximate surface area is 128 Å². The highest BCUT2D eigenvalue weighted by Crippen LogP contribution is 2.75. The van der Waals surface area contributed by atoms with Crippen LogP contribution in [0.25, 0.3) is 0 Å². The number of carbonyl (C=O) groups is 2. The van der Waals surface area contributed by atoms with E-state index < -0.39 is 10.0 Å².